The second-order valence-electron chi connectivity index (χ2n) is 5.93. The Bertz CT molecular complexity index is 779. The van der Waals surface area contributed by atoms with Crippen LogP contribution in [0.15, 0.2) is 23.2 Å². The molecule has 0 aliphatic carbocycles. The number of nitrogens with zero attached hydrogens (tertiary/aromatic N) is 2. The van der Waals surface area contributed by atoms with Gasteiger partial charge in [-0.15, -0.1) is 6.58 Å². The van der Waals surface area contributed by atoms with E-state index >= 15 is 0 Å². The third kappa shape index (κ3) is 3.61. The quantitative estimate of drug-likeness (QED) is 0.756. The number of carbonyl (C=O) groups is 2. The predicted molar refractivity (Wildman–Crippen MR) is 89.0 cm³/mol. The molecule has 2 aromatic rings. The van der Waals surface area contributed by atoms with Gasteiger partial charge in [0.05, 0.1) is 16.6 Å². The number of carbonyl (C=O) groups excluding carboxylic acids is 1. The minimum Gasteiger partial charge on any atom is -0.480 e. The lowest BCUT2D eigenvalue weighted by Crippen LogP contribution is -2.40. The maximum atomic E-state index is 12.7. The lowest BCUT2D eigenvalue weighted by Gasteiger charge is -2.15. The molecule has 7 heteroatoms. The van der Waals surface area contributed by atoms with Gasteiger partial charge in [0.1, 0.15) is 6.04 Å². The van der Waals surface area contributed by atoms with Crippen LogP contribution in [0.3, 0.4) is 0 Å². The number of aryl methyl sites for hydroxylation is 1. The number of nitrogens with one attached hydrogen (secondary N) is 1. The fourth-order valence-electron chi connectivity index (χ4n) is 2.37. The molecular formula is C17H21N3O4. The van der Waals surface area contributed by atoms with Crippen molar-refractivity contribution in [2.24, 2.45) is 0 Å². The number of aliphatic carboxylic acids is 1. The predicted octanol–water partition coefficient (Wildman–Crippen LogP) is 2.80. The third-order valence-electron chi connectivity index (χ3n) is 3.74. The molecule has 7 nitrogen and oxygen atoms in total. The Morgan fingerprint density at radius 1 is 1.46 bits per heavy atom. The van der Waals surface area contributed by atoms with Crippen molar-refractivity contribution in [3.63, 3.8) is 0 Å². The van der Waals surface area contributed by atoms with Crippen LogP contribution in [0, 0.1) is 6.92 Å². The first-order valence-corrected chi connectivity index (χ1v) is 7.76. The van der Waals surface area contributed by atoms with Gasteiger partial charge >= 0.3 is 5.97 Å². The lowest BCUT2D eigenvalue weighted by molar-refractivity contribution is -0.139. The number of rotatable bonds is 7. The molecule has 0 aliphatic heterocycles. The molecule has 0 spiro atoms. The van der Waals surface area contributed by atoms with Crippen LogP contribution in [0.2, 0.25) is 0 Å². The number of fused-ring (bicyclic) bond motifs is 1. The minimum atomic E-state index is -1.08. The summed E-state index contributed by atoms with van der Waals surface area (Å²) in [4.78, 5) is 28.4. The largest absolute Gasteiger partial charge is 0.480 e. The van der Waals surface area contributed by atoms with Crippen LogP contribution in [0.5, 0.6) is 0 Å². The molecule has 1 atom stereocenters. The highest BCUT2D eigenvalue weighted by Gasteiger charge is 2.24. The number of amides is 1. The van der Waals surface area contributed by atoms with E-state index in [4.69, 9.17) is 4.52 Å². The molecule has 0 saturated heterocycles. The van der Waals surface area contributed by atoms with E-state index in [0.29, 0.717) is 28.8 Å². The van der Waals surface area contributed by atoms with Crippen LogP contribution in [-0.4, -0.2) is 33.2 Å². The van der Waals surface area contributed by atoms with Gasteiger partial charge < -0.3 is 14.9 Å². The molecular weight excluding hydrogens is 310 g/mol. The summed E-state index contributed by atoms with van der Waals surface area (Å²) in [5.41, 5.74) is 1.83. The Morgan fingerprint density at radius 2 is 2.17 bits per heavy atom. The maximum absolute atomic E-state index is 12.7. The van der Waals surface area contributed by atoms with Gasteiger partial charge in [0.15, 0.2) is 0 Å². The number of carboxylic acids is 1. The van der Waals surface area contributed by atoms with Crippen molar-refractivity contribution in [3.8, 4) is 0 Å². The molecule has 1 amide bonds. The summed E-state index contributed by atoms with van der Waals surface area (Å²) in [5.74, 6) is -1.48. The number of hydrogen-bond donors (Lipinski definition) is 2. The van der Waals surface area contributed by atoms with E-state index in [1.165, 1.54) is 0 Å². The standard InChI is InChI=1S/C17H21N3O4/c1-5-6-7-12(17(22)23)18-15(21)11-8-13(9(2)3)19-16-14(11)10(4)20-24-16/h5,8-9,12H,1,6-7H2,2-4H3,(H,18,21)(H,22,23). The summed E-state index contributed by atoms with van der Waals surface area (Å²) < 4.78 is 5.18. The smallest absolute Gasteiger partial charge is 0.326 e. The van der Waals surface area contributed by atoms with Gasteiger partial charge in [-0.1, -0.05) is 25.1 Å². The summed E-state index contributed by atoms with van der Waals surface area (Å²) >= 11 is 0. The second-order valence-corrected chi connectivity index (χ2v) is 5.93. The fraction of sp³-hybridized carbons (Fsp3) is 0.412. The average molecular weight is 331 g/mol. The molecule has 2 N–H and O–H groups in total. The van der Waals surface area contributed by atoms with Crippen molar-refractivity contribution in [1.82, 2.24) is 15.5 Å². The molecule has 0 bridgehead atoms. The number of aromatic nitrogens is 2. The van der Waals surface area contributed by atoms with Gasteiger partial charge in [-0.3, -0.25) is 4.79 Å². The molecule has 0 aromatic carbocycles. The Hall–Kier alpha value is -2.70. The summed E-state index contributed by atoms with van der Waals surface area (Å²) in [7, 11) is 0. The SMILES string of the molecule is C=CCCC(NC(=O)c1cc(C(C)C)nc2onc(C)c12)C(=O)O. The van der Waals surface area contributed by atoms with E-state index in [2.05, 4.69) is 22.0 Å². The normalized spacial score (nSPS) is 12.3. The van der Waals surface area contributed by atoms with Gasteiger partial charge in [-0.2, -0.15) is 0 Å². The average Bonchev–Trinajstić information content (AvgIpc) is 2.91. The Morgan fingerprint density at radius 3 is 2.75 bits per heavy atom. The highest BCUT2D eigenvalue weighted by Crippen LogP contribution is 2.25. The third-order valence-corrected chi connectivity index (χ3v) is 3.74. The minimum absolute atomic E-state index is 0.0855. The first-order chi connectivity index (χ1) is 11.3. The molecule has 128 valence electrons. The zero-order chi connectivity index (χ0) is 17.9. The van der Waals surface area contributed by atoms with Crippen molar-refractivity contribution in [3.05, 3.63) is 35.7 Å². The van der Waals surface area contributed by atoms with E-state index < -0.39 is 17.9 Å². The second kappa shape index (κ2) is 7.25. The molecule has 0 aliphatic rings. The Labute approximate surface area is 139 Å². The van der Waals surface area contributed by atoms with E-state index in [9.17, 15) is 14.7 Å². The molecule has 2 heterocycles. The molecule has 0 radical (unpaired) electrons. The maximum Gasteiger partial charge on any atom is 0.326 e. The van der Waals surface area contributed by atoms with Crippen LogP contribution < -0.4 is 5.32 Å². The first-order valence-electron chi connectivity index (χ1n) is 7.76. The topological polar surface area (TPSA) is 105 Å². The molecule has 0 fully saturated rings. The number of carboxylic acid groups (broad SMARTS) is 1. The van der Waals surface area contributed by atoms with Crippen LogP contribution in [0.1, 0.15) is 54.4 Å². The Balaban J connectivity index is 2.41. The van der Waals surface area contributed by atoms with Crippen LogP contribution in [0.4, 0.5) is 0 Å². The summed E-state index contributed by atoms with van der Waals surface area (Å²) in [6.07, 6.45) is 2.39. The fourth-order valence-corrected chi connectivity index (χ4v) is 2.37. The van der Waals surface area contributed by atoms with E-state index in [1.54, 1.807) is 19.1 Å². The van der Waals surface area contributed by atoms with Gasteiger partial charge in [0, 0.05) is 5.69 Å². The lowest BCUT2D eigenvalue weighted by atomic mass is 10.0. The van der Waals surface area contributed by atoms with Gasteiger partial charge in [-0.25, -0.2) is 9.78 Å². The molecule has 1 unspecified atom stereocenters. The summed E-state index contributed by atoms with van der Waals surface area (Å²) in [6.45, 7) is 9.18. The number of pyridine rings is 1. The molecule has 0 saturated carbocycles. The molecule has 2 rings (SSSR count). The van der Waals surface area contributed by atoms with Crippen molar-refractivity contribution in [1.29, 1.82) is 0 Å². The summed E-state index contributed by atoms with van der Waals surface area (Å²) in [6, 6.07) is 0.681. The Kier molecular flexibility index (Phi) is 5.33. The zero-order valence-corrected chi connectivity index (χ0v) is 14.0. The van der Waals surface area contributed by atoms with Crippen molar-refractivity contribution < 1.29 is 19.2 Å². The summed E-state index contributed by atoms with van der Waals surface area (Å²) in [5, 5.41) is 16.2. The monoisotopic (exact) mass is 331 g/mol. The van der Waals surface area contributed by atoms with Crippen molar-refractivity contribution in [2.45, 2.75) is 45.6 Å². The van der Waals surface area contributed by atoms with Crippen LogP contribution in [-0.2, 0) is 4.79 Å². The van der Waals surface area contributed by atoms with Crippen LogP contribution in [0.25, 0.3) is 11.1 Å². The number of allylic oxidation sites excluding steroid dienone is 1. The molecule has 24 heavy (non-hydrogen) atoms. The van der Waals surface area contributed by atoms with Gasteiger partial charge in [0.25, 0.3) is 11.6 Å². The van der Waals surface area contributed by atoms with Crippen molar-refractivity contribution >= 4 is 23.0 Å². The van der Waals surface area contributed by atoms with Crippen LogP contribution >= 0.6 is 0 Å². The van der Waals surface area contributed by atoms with Gasteiger partial charge in [0.2, 0.25) is 0 Å². The van der Waals surface area contributed by atoms with E-state index in [-0.39, 0.29) is 18.1 Å². The number of hydrogen-bond acceptors (Lipinski definition) is 5. The zero-order valence-electron chi connectivity index (χ0n) is 14.0. The highest BCUT2D eigenvalue weighted by molar-refractivity contribution is 6.07. The van der Waals surface area contributed by atoms with E-state index in [1.807, 2.05) is 13.8 Å². The van der Waals surface area contributed by atoms with Crippen molar-refractivity contribution in [2.75, 3.05) is 0 Å². The van der Waals surface area contributed by atoms with E-state index in [0.717, 1.165) is 0 Å². The highest BCUT2D eigenvalue weighted by atomic mass is 16.5. The molecule has 2 aromatic heterocycles. The first kappa shape index (κ1) is 17.7. The van der Waals surface area contributed by atoms with Gasteiger partial charge in [-0.05, 0) is 31.7 Å².